The van der Waals surface area contributed by atoms with E-state index >= 15 is 0 Å². The van der Waals surface area contributed by atoms with Gasteiger partial charge < -0.3 is 32.8 Å². The molecule has 1 heterocycles. The zero-order valence-corrected chi connectivity index (χ0v) is 15.3. The third-order valence-corrected chi connectivity index (χ3v) is 4.16. The van der Waals surface area contributed by atoms with E-state index in [-0.39, 0.29) is 18.3 Å². The molecule has 2 aromatic carbocycles. The van der Waals surface area contributed by atoms with Crippen LogP contribution in [0.4, 0.5) is 0 Å². The third-order valence-electron chi connectivity index (χ3n) is 3.77. The first-order valence-corrected chi connectivity index (χ1v) is 8.88. The Kier molecular flexibility index (Phi) is 4.79. The Bertz CT molecular complexity index is 1230. The molecule has 0 saturated carbocycles. The topological polar surface area (TPSA) is 156 Å². The molecular weight excluding hydrogens is 396 g/mol. The van der Waals surface area contributed by atoms with Crippen molar-refractivity contribution in [3.63, 3.8) is 0 Å². The number of aromatic hydroxyl groups is 2. The van der Waals surface area contributed by atoms with Crippen LogP contribution < -0.4 is 19.1 Å². The lowest BCUT2D eigenvalue weighted by molar-refractivity contribution is 0.355. The molecule has 0 unspecified atom stereocenters. The van der Waals surface area contributed by atoms with Crippen molar-refractivity contribution >= 4 is 21.4 Å². The molecule has 0 aliphatic rings. The van der Waals surface area contributed by atoms with Crippen molar-refractivity contribution in [3.8, 4) is 40.1 Å². The Morgan fingerprint density at radius 2 is 1.75 bits per heavy atom. The molecule has 0 bridgehead atoms. The summed E-state index contributed by atoms with van der Waals surface area (Å²) in [4.78, 5) is 12.5. The summed E-state index contributed by atoms with van der Waals surface area (Å²) in [6.45, 7) is 0. The minimum Gasteiger partial charge on any atom is -0.716 e. The number of phenolic OH excluding ortho intramolecular Hbond substituents is 1. The molecule has 0 radical (unpaired) electrons. The van der Waals surface area contributed by atoms with E-state index in [1.165, 1.54) is 32.4 Å². The fourth-order valence-corrected chi connectivity index (χ4v) is 2.94. The SMILES string of the molecule is COc1ccc(-c2oc3cc(OS(=O)(=O)[O-])cc(O)c3c(=O)c2O)cc1OC.[H+]. The number of methoxy groups -OCH3 is 2. The van der Waals surface area contributed by atoms with Gasteiger partial charge in [-0.05, 0) is 18.2 Å². The van der Waals surface area contributed by atoms with Crippen LogP contribution in [-0.4, -0.2) is 37.4 Å². The maximum atomic E-state index is 12.5. The van der Waals surface area contributed by atoms with E-state index in [4.69, 9.17) is 13.9 Å². The van der Waals surface area contributed by atoms with E-state index in [0.29, 0.717) is 11.5 Å². The highest BCUT2D eigenvalue weighted by Gasteiger charge is 2.20. The van der Waals surface area contributed by atoms with Crippen LogP contribution in [-0.2, 0) is 10.4 Å². The largest absolute Gasteiger partial charge is 1.00 e. The van der Waals surface area contributed by atoms with Gasteiger partial charge in [-0.3, -0.25) is 4.79 Å². The molecule has 0 fully saturated rings. The lowest BCUT2D eigenvalue weighted by Gasteiger charge is -2.12. The van der Waals surface area contributed by atoms with Crippen molar-refractivity contribution in [1.82, 2.24) is 0 Å². The van der Waals surface area contributed by atoms with Crippen molar-refractivity contribution in [2.45, 2.75) is 0 Å². The predicted molar refractivity (Wildman–Crippen MR) is 95.8 cm³/mol. The minimum atomic E-state index is -5.12. The van der Waals surface area contributed by atoms with Gasteiger partial charge in [-0.1, -0.05) is 0 Å². The van der Waals surface area contributed by atoms with Crippen LogP contribution in [0.1, 0.15) is 1.43 Å². The Balaban J connectivity index is 0.00000300. The highest BCUT2D eigenvalue weighted by atomic mass is 32.3. The summed E-state index contributed by atoms with van der Waals surface area (Å²) in [7, 11) is -2.30. The molecule has 3 rings (SSSR count). The highest BCUT2D eigenvalue weighted by molar-refractivity contribution is 7.81. The van der Waals surface area contributed by atoms with Gasteiger partial charge in [0.25, 0.3) is 10.4 Å². The molecule has 0 aliphatic carbocycles. The van der Waals surface area contributed by atoms with Crippen LogP contribution >= 0.6 is 0 Å². The van der Waals surface area contributed by atoms with E-state index < -0.39 is 38.5 Å². The molecule has 0 saturated heterocycles. The van der Waals surface area contributed by atoms with Gasteiger partial charge >= 0.3 is 1.43 Å². The zero-order chi connectivity index (χ0) is 20.6. The van der Waals surface area contributed by atoms with Crippen molar-refractivity contribution in [2.75, 3.05) is 14.2 Å². The number of benzene rings is 2. The van der Waals surface area contributed by atoms with Gasteiger partial charge in [0.15, 0.2) is 17.3 Å². The third kappa shape index (κ3) is 3.52. The summed E-state index contributed by atoms with van der Waals surface area (Å²) in [5.41, 5.74) is -1.05. The first-order valence-electron chi connectivity index (χ1n) is 7.55. The Labute approximate surface area is 159 Å². The van der Waals surface area contributed by atoms with Gasteiger partial charge in [-0.2, -0.15) is 0 Å². The summed E-state index contributed by atoms with van der Waals surface area (Å²) in [6.07, 6.45) is 0. The quantitative estimate of drug-likeness (QED) is 0.470. The van der Waals surface area contributed by atoms with Crippen LogP contribution in [0.15, 0.2) is 39.5 Å². The number of hydrogen-bond donors (Lipinski definition) is 2. The summed E-state index contributed by atoms with van der Waals surface area (Å²) < 4.78 is 52.2. The van der Waals surface area contributed by atoms with Crippen LogP contribution in [0, 0.1) is 0 Å². The van der Waals surface area contributed by atoms with Crippen molar-refractivity contribution < 1.29 is 42.7 Å². The molecule has 0 amide bonds. The molecule has 2 N–H and O–H groups in total. The fourth-order valence-electron chi connectivity index (χ4n) is 2.60. The Morgan fingerprint density at radius 1 is 1.07 bits per heavy atom. The summed E-state index contributed by atoms with van der Waals surface area (Å²) in [5.74, 6) is -1.69. The fraction of sp³-hybridized carbons (Fsp3) is 0.118. The normalized spacial score (nSPS) is 11.4. The number of phenols is 1. The Hall–Kier alpha value is -3.44. The van der Waals surface area contributed by atoms with Crippen LogP contribution in [0.25, 0.3) is 22.3 Å². The number of fused-ring (bicyclic) bond motifs is 1. The summed E-state index contributed by atoms with van der Waals surface area (Å²) in [5, 5.41) is 19.8. The van der Waals surface area contributed by atoms with Gasteiger partial charge in [0.2, 0.25) is 11.2 Å². The molecule has 28 heavy (non-hydrogen) atoms. The molecule has 0 spiro atoms. The van der Waals surface area contributed by atoms with Gasteiger partial charge in [0, 0.05) is 17.7 Å². The maximum Gasteiger partial charge on any atom is 1.00 e. The maximum absolute atomic E-state index is 12.5. The molecular formula is C17H14O10S. The highest BCUT2D eigenvalue weighted by Crippen LogP contribution is 2.38. The first-order chi connectivity index (χ1) is 13.1. The smallest absolute Gasteiger partial charge is 0.716 e. The van der Waals surface area contributed by atoms with E-state index in [9.17, 15) is 28.0 Å². The van der Waals surface area contributed by atoms with Gasteiger partial charge in [-0.25, -0.2) is 8.42 Å². The van der Waals surface area contributed by atoms with Crippen molar-refractivity contribution in [2.24, 2.45) is 0 Å². The van der Waals surface area contributed by atoms with Gasteiger partial charge in [0.05, 0.1) is 14.2 Å². The van der Waals surface area contributed by atoms with Crippen molar-refractivity contribution in [3.05, 3.63) is 40.6 Å². The van der Waals surface area contributed by atoms with Gasteiger partial charge in [-0.15, -0.1) is 0 Å². The van der Waals surface area contributed by atoms with E-state index in [1.54, 1.807) is 0 Å². The monoisotopic (exact) mass is 410 g/mol. The minimum absolute atomic E-state index is 0. The number of hydrogen-bond acceptors (Lipinski definition) is 10. The second-order valence-electron chi connectivity index (χ2n) is 5.49. The molecule has 0 atom stereocenters. The van der Waals surface area contributed by atoms with Crippen LogP contribution in [0.2, 0.25) is 0 Å². The van der Waals surface area contributed by atoms with E-state index in [1.807, 2.05) is 0 Å². The molecule has 11 heteroatoms. The predicted octanol–water partition coefficient (Wildman–Crippen LogP) is 1.84. The molecule has 10 nitrogen and oxygen atoms in total. The van der Waals surface area contributed by atoms with Gasteiger partial charge in [0.1, 0.15) is 22.5 Å². The zero-order valence-electron chi connectivity index (χ0n) is 15.5. The standard InChI is InChI=1S/C17H14O10S/c1-24-11-4-3-8(5-12(11)25-2)17-16(20)15(19)14-10(18)6-9(7-13(14)26-17)27-28(21,22)23/h3-7,18,20H,1-2H3,(H,21,22,23). The summed E-state index contributed by atoms with van der Waals surface area (Å²) in [6, 6.07) is 6.09. The number of ether oxygens (including phenoxy) is 2. The second kappa shape index (κ2) is 6.94. The first kappa shape index (κ1) is 19.3. The lowest BCUT2D eigenvalue weighted by Crippen LogP contribution is -2.08. The average Bonchev–Trinajstić information content (AvgIpc) is 2.62. The lowest BCUT2D eigenvalue weighted by atomic mass is 10.1. The van der Waals surface area contributed by atoms with Crippen LogP contribution in [0.5, 0.6) is 28.7 Å². The Morgan fingerprint density at radius 3 is 2.36 bits per heavy atom. The molecule has 3 aromatic rings. The van der Waals surface area contributed by atoms with Crippen LogP contribution in [0.3, 0.4) is 0 Å². The van der Waals surface area contributed by atoms with E-state index in [0.717, 1.165) is 12.1 Å². The number of rotatable bonds is 5. The molecule has 0 aliphatic heterocycles. The average molecular weight is 410 g/mol. The van der Waals surface area contributed by atoms with Crippen molar-refractivity contribution in [1.29, 1.82) is 0 Å². The second-order valence-corrected chi connectivity index (χ2v) is 6.47. The summed E-state index contributed by atoms with van der Waals surface area (Å²) >= 11 is 0. The molecule has 1 aromatic heterocycles. The molecule has 148 valence electrons. The van der Waals surface area contributed by atoms with E-state index in [2.05, 4.69) is 4.18 Å².